The third kappa shape index (κ3) is 4.58. The summed E-state index contributed by atoms with van der Waals surface area (Å²) in [4.78, 5) is 22.5. The number of nitrogens with one attached hydrogen (secondary N) is 1. The maximum atomic E-state index is 12.7. The third-order valence-electron chi connectivity index (χ3n) is 3.22. The number of nitro groups is 1. The first-order valence-electron chi connectivity index (χ1n) is 7.12. The minimum atomic E-state index is -4.79. The monoisotopic (exact) mass is 406 g/mol. The highest BCUT2D eigenvalue weighted by Gasteiger charge is 2.38. The average molecular weight is 406 g/mol. The molecular formula is C13H13F3N6O4S. The molecule has 146 valence electrons. The number of hydrogen-bond acceptors (Lipinski definition) is 8. The largest absolute Gasteiger partial charge is 0.495 e. The van der Waals surface area contributed by atoms with Crippen molar-refractivity contribution in [3.8, 4) is 5.75 Å². The number of carbonyl (C=O) groups is 1. The molecule has 0 aliphatic carbocycles. The molecule has 0 spiro atoms. The Hall–Kier alpha value is -3.03. The third-order valence-corrected chi connectivity index (χ3v) is 4.28. The van der Waals surface area contributed by atoms with Gasteiger partial charge in [0.25, 0.3) is 11.5 Å². The number of nitrogens with two attached hydrogens (primary N) is 1. The number of alkyl halides is 3. The Labute approximate surface area is 154 Å². The lowest BCUT2D eigenvalue weighted by Gasteiger charge is -2.14. The van der Waals surface area contributed by atoms with Crippen molar-refractivity contribution in [2.24, 2.45) is 0 Å². The molecule has 0 fully saturated rings. The lowest BCUT2D eigenvalue weighted by atomic mass is 10.2. The van der Waals surface area contributed by atoms with E-state index in [1.807, 2.05) is 0 Å². The van der Waals surface area contributed by atoms with Crippen molar-refractivity contribution in [3.63, 3.8) is 0 Å². The van der Waals surface area contributed by atoms with Crippen molar-refractivity contribution >= 4 is 29.0 Å². The summed E-state index contributed by atoms with van der Waals surface area (Å²) in [6.07, 6.45) is -4.79. The Balaban J connectivity index is 2.16. The molecule has 0 unspecified atom stereocenters. The summed E-state index contributed by atoms with van der Waals surface area (Å²) in [5.74, 6) is 3.43. The molecule has 3 N–H and O–H groups in total. The number of aromatic nitrogens is 3. The van der Waals surface area contributed by atoms with Crippen LogP contribution in [0.5, 0.6) is 5.75 Å². The van der Waals surface area contributed by atoms with Gasteiger partial charge >= 0.3 is 6.18 Å². The predicted molar refractivity (Wildman–Crippen MR) is 88.8 cm³/mol. The van der Waals surface area contributed by atoms with Crippen LogP contribution in [0.1, 0.15) is 12.7 Å². The van der Waals surface area contributed by atoms with Gasteiger partial charge in [-0.15, -0.1) is 10.2 Å². The summed E-state index contributed by atoms with van der Waals surface area (Å²) in [6.45, 7) is 1.39. The Kier molecular flexibility index (Phi) is 5.78. The van der Waals surface area contributed by atoms with Crippen LogP contribution >= 0.6 is 11.8 Å². The van der Waals surface area contributed by atoms with Crippen LogP contribution in [0.2, 0.25) is 0 Å². The molecule has 0 radical (unpaired) electrons. The molecule has 1 aromatic heterocycles. The van der Waals surface area contributed by atoms with Crippen molar-refractivity contribution < 1.29 is 27.6 Å². The van der Waals surface area contributed by atoms with E-state index in [-0.39, 0.29) is 27.0 Å². The molecule has 0 saturated carbocycles. The lowest BCUT2D eigenvalue weighted by Crippen LogP contribution is -2.25. The summed E-state index contributed by atoms with van der Waals surface area (Å²) in [5.41, 5.74) is -0.239. The van der Waals surface area contributed by atoms with Crippen LogP contribution in [0.4, 0.5) is 24.5 Å². The zero-order chi connectivity index (χ0) is 20.4. The smallest absolute Gasteiger partial charge is 0.453 e. The molecule has 0 aliphatic heterocycles. The van der Waals surface area contributed by atoms with Crippen molar-refractivity contribution in [3.05, 3.63) is 34.1 Å². The zero-order valence-electron chi connectivity index (χ0n) is 13.9. The maximum absolute atomic E-state index is 12.7. The van der Waals surface area contributed by atoms with Crippen LogP contribution in [-0.2, 0) is 11.0 Å². The molecule has 2 rings (SSSR count). The normalized spacial score (nSPS) is 12.5. The van der Waals surface area contributed by atoms with Gasteiger partial charge < -0.3 is 15.9 Å². The van der Waals surface area contributed by atoms with Gasteiger partial charge in [0.1, 0.15) is 5.75 Å². The van der Waals surface area contributed by atoms with Gasteiger partial charge in [-0.1, -0.05) is 11.8 Å². The van der Waals surface area contributed by atoms with E-state index >= 15 is 0 Å². The summed E-state index contributed by atoms with van der Waals surface area (Å²) < 4.78 is 43.3. The standard InChI is InChI=1S/C13H13F3N6O4S/c1-6(27-12-20-19-11(21(12)17)13(14,15)16)10(23)18-8-5-7(22(24)25)3-4-9(8)26-2/h3-6H,17H2,1-2H3,(H,18,23)/t6-/m0/s1. The van der Waals surface area contributed by atoms with E-state index in [1.54, 1.807) is 0 Å². The van der Waals surface area contributed by atoms with Crippen LogP contribution in [0.3, 0.4) is 0 Å². The van der Waals surface area contributed by atoms with Crippen LogP contribution in [-0.4, -0.2) is 38.1 Å². The highest BCUT2D eigenvalue weighted by molar-refractivity contribution is 8.00. The second-order valence-electron chi connectivity index (χ2n) is 5.06. The second kappa shape index (κ2) is 7.69. The molecule has 1 aromatic carbocycles. The molecule has 0 bridgehead atoms. The van der Waals surface area contributed by atoms with E-state index in [0.717, 1.165) is 6.07 Å². The zero-order valence-corrected chi connectivity index (χ0v) is 14.7. The fourth-order valence-corrected chi connectivity index (χ4v) is 2.67. The molecule has 14 heteroatoms. The van der Waals surface area contributed by atoms with Gasteiger partial charge in [-0.25, -0.2) is 4.68 Å². The number of hydrogen-bond donors (Lipinski definition) is 2. The number of non-ortho nitro benzene ring substituents is 1. The molecule has 2 aromatic rings. The molecule has 0 saturated heterocycles. The number of halogens is 3. The van der Waals surface area contributed by atoms with Gasteiger partial charge in [-0.05, 0) is 13.0 Å². The number of methoxy groups -OCH3 is 1. The minimum Gasteiger partial charge on any atom is -0.495 e. The first-order valence-corrected chi connectivity index (χ1v) is 8.00. The molecule has 10 nitrogen and oxygen atoms in total. The number of nitrogen functional groups attached to an aromatic ring is 1. The van der Waals surface area contributed by atoms with E-state index in [1.165, 1.54) is 26.2 Å². The highest BCUT2D eigenvalue weighted by Crippen LogP contribution is 2.32. The molecule has 27 heavy (non-hydrogen) atoms. The van der Waals surface area contributed by atoms with Crippen LogP contribution < -0.4 is 15.9 Å². The molecule has 1 amide bonds. The molecule has 0 aliphatic rings. The first-order chi connectivity index (χ1) is 12.5. The van der Waals surface area contributed by atoms with E-state index in [0.29, 0.717) is 11.8 Å². The quantitative estimate of drug-likeness (QED) is 0.322. The second-order valence-corrected chi connectivity index (χ2v) is 6.37. The summed E-state index contributed by atoms with van der Waals surface area (Å²) in [6, 6.07) is 3.60. The van der Waals surface area contributed by atoms with Gasteiger partial charge in [0.05, 0.1) is 23.0 Å². The van der Waals surface area contributed by atoms with Gasteiger partial charge in [0.2, 0.25) is 11.1 Å². The van der Waals surface area contributed by atoms with E-state index in [9.17, 15) is 28.1 Å². The van der Waals surface area contributed by atoms with Gasteiger partial charge in [-0.3, -0.25) is 14.9 Å². The first kappa shape index (κ1) is 20.3. The number of ether oxygens (including phenoxy) is 1. The number of amides is 1. The Morgan fingerprint density at radius 2 is 2.11 bits per heavy atom. The number of nitro benzene ring substituents is 1. The van der Waals surface area contributed by atoms with Crippen LogP contribution in [0, 0.1) is 10.1 Å². The van der Waals surface area contributed by atoms with Gasteiger partial charge in [0.15, 0.2) is 0 Å². The molecule has 1 heterocycles. The maximum Gasteiger partial charge on any atom is 0.453 e. The van der Waals surface area contributed by atoms with Crippen LogP contribution in [0.15, 0.2) is 23.4 Å². The van der Waals surface area contributed by atoms with Crippen molar-refractivity contribution in [2.45, 2.75) is 23.5 Å². The van der Waals surface area contributed by atoms with Crippen LogP contribution in [0.25, 0.3) is 0 Å². The fourth-order valence-electron chi connectivity index (χ4n) is 1.90. The van der Waals surface area contributed by atoms with E-state index < -0.39 is 28.1 Å². The minimum absolute atomic E-state index is 0.0364. The number of nitrogens with zero attached hydrogens (tertiary/aromatic N) is 4. The lowest BCUT2D eigenvalue weighted by molar-refractivity contribution is -0.384. The highest BCUT2D eigenvalue weighted by atomic mass is 32.2. The summed E-state index contributed by atoms with van der Waals surface area (Å²) in [5, 5.41) is 18.3. The summed E-state index contributed by atoms with van der Waals surface area (Å²) >= 11 is 0.636. The number of rotatable bonds is 6. The topological polar surface area (TPSA) is 138 Å². The Bertz CT molecular complexity index is 872. The van der Waals surface area contributed by atoms with Gasteiger partial charge in [0, 0.05) is 12.1 Å². The number of anilines is 1. The average Bonchev–Trinajstić information content (AvgIpc) is 2.95. The Morgan fingerprint density at radius 3 is 2.63 bits per heavy atom. The van der Waals surface area contributed by atoms with E-state index in [2.05, 4.69) is 15.5 Å². The number of thioether (sulfide) groups is 1. The number of benzene rings is 1. The van der Waals surface area contributed by atoms with Gasteiger partial charge in [-0.2, -0.15) is 13.2 Å². The van der Waals surface area contributed by atoms with Crippen molar-refractivity contribution in [2.75, 3.05) is 18.3 Å². The summed E-state index contributed by atoms with van der Waals surface area (Å²) in [7, 11) is 1.31. The molecule has 1 atom stereocenters. The number of carbonyl (C=O) groups excluding carboxylic acids is 1. The predicted octanol–water partition coefficient (Wildman–Crippen LogP) is 2.05. The van der Waals surface area contributed by atoms with E-state index in [4.69, 9.17) is 10.6 Å². The molecular weight excluding hydrogens is 393 g/mol. The SMILES string of the molecule is COc1ccc([N+](=O)[O-])cc1NC(=O)[C@H](C)Sc1nnc(C(F)(F)F)n1N. The van der Waals surface area contributed by atoms with Crippen molar-refractivity contribution in [1.29, 1.82) is 0 Å². The Morgan fingerprint density at radius 1 is 1.44 bits per heavy atom. The fraction of sp³-hybridized carbons (Fsp3) is 0.308. The van der Waals surface area contributed by atoms with Crippen molar-refractivity contribution in [1.82, 2.24) is 14.9 Å².